The van der Waals surface area contributed by atoms with Crippen LogP contribution in [-0.4, -0.2) is 23.7 Å². The van der Waals surface area contributed by atoms with Crippen molar-refractivity contribution < 1.29 is 8.42 Å². The molecule has 0 spiro atoms. The predicted molar refractivity (Wildman–Crippen MR) is 79.6 cm³/mol. The van der Waals surface area contributed by atoms with E-state index in [2.05, 4.69) is 4.98 Å². The number of hydrogen-bond donors (Lipinski definition) is 1. The van der Waals surface area contributed by atoms with Crippen LogP contribution >= 0.6 is 0 Å². The van der Waals surface area contributed by atoms with Crippen molar-refractivity contribution in [3.8, 4) is 0 Å². The summed E-state index contributed by atoms with van der Waals surface area (Å²) in [5.74, 6) is -0.153. The van der Waals surface area contributed by atoms with Crippen LogP contribution in [0, 0.1) is 6.92 Å². The Kier molecular flexibility index (Phi) is 4.54. The summed E-state index contributed by atoms with van der Waals surface area (Å²) in [5, 5.41) is 0. The van der Waals surface area contributed by atoms with Crippen molar-refractivity contribution in [3.05, 3.63) is 58.3 Å². The Morgan fingerprint density at radius 3 is 2.48 bits per heavy atom. The molecule has 0 amide bonds. The van der Waals surface area contributed by atoms with Gasteiger partial charge in [0, 0.05) is 24.8 Å². The third kappa shape index (κ3) is 3.77. The number of aromatic nitrogens is 2. The summed E-state index contributed by atoms with van der Waals surface area (Å²) in [6, 6.07) is 7.82. The van der Waals surface area contributed by atoms with Crippen molar-refractivity contribution in [2.24, 2.45) is 5.73 Å². The van der Waals surface area contributed by atoms with Crippen LogP contribution in [0.2, 0.25) is 0 Å². The SMILES string of the molecule is Cc1cc(=O)n(CCS(=O)(=O)c2ccc(CN)cc2)cn1. The van der Waals surface area contributed by atoms with E-state index in [1.807, 2.05) is 0 Å². The minimum absolute atomic E-state index is 0.0765. The molecule has 0 saturated carbocycles. The van der Waals surface area contributed by atoms with Gasteiger partial charge in [-0.25, -0.2) is 13.4 Å². The zero-order chi connectivity index (χ0) is 15.5. The molecule has 1 aromatic carbocycles. The first-order chi connectivity index (χ1) is 9.92. The summed E-state index contributed by atoms with van der Waals surface area (Å²) < 4.78 is 25.7. The summed E-state index contributed by atoms with van der Waals surface area (Å²) in [6.07, 6.45) is 1.37. The molecule has 1 aromatic heterocycles. The maximum Gasteiger partial charge on any atom is 0.253 e. The molecule has 0 aliphatic rings. The average molecular weight is 307 g/mol. The van der Waals surface area contributed by atoms with E-state index in [0.29, 0.717) is 12.2 Å². The molecule has 0 aliphatic heterocycles. The first-order valence-corrected chi connectivity index (χ1v) is 8.12. The number of rotatable bonds is 5. The van der Waals surface area contributed by atoms with Crippen LogP contribution in [0.1, 0.15) is 11.3 Å². The van der Waals surface area contributed by atoms with Crippen molar-refractivity contribution >= 4 is 9.84 Å². The van der Waals surface area contributed by atoms with Gasteiger partial charge in [-0.15, -0.1) is 0 Å². The van der Waals surface area contributed by atoms with Gasteiger partial charge >= 0.3 is 0 Å². The molecule has 0 aliphatic carbocycles. The third-order valence-corrected chi connectivity index (χ3v) is 4.85. The lowest BCUT2D eigenvalue weighted by Crippen LogP contribution is -2.24. The molecule has 0 fully saturated rings. The highest BCUT2D eigenvalue weighted by atomic mass is 32.2. The standard InChI is InChI=1S/C14H17N3O3S/c1-11-8-14(18)17(10-16-11)6-7-21(19,20)13-4-2-12(9-15)3-5-13/h2-5,8,10H,6-7,9,15H2,1H3. The van der Waals surface area contributed by atoms with E-state index in [1.54, 1.807) is 19.1 Å². The van der Waals surface area contributed by atoms with E-state index in [-0.39, 0.29) is 22.8 Å². The molecule has 0 unspecified atom stereocenters. The van der Waals surface area contributed by atoms with E-state index in [1.165, 1.54) is 29.1 Å². The highest BCUT2D eigenvalue weighted by molar-refractivity contribution is 7.91. The molecular weight excluding hydrogens is 290 g/mol. The minimum Gasteiger partial charge on any atom is -0.326 e. The van der Waals surface area contributed by atoms with Crippen molar-refractivity contribution in [1.29, 1.82) is 0 Å². The summed E-state index contributed by atoms with van der Waals surface area (Å²) >= 11 is 0. The maximum atomic E-state index is 12.2. The number of aryl methyl sites for hydroxylation is 2. The largest absolute Gasteiger partial charge is 0.326 e. The quantitative estimate of drug-likeness (QED) is 0.867. The van der Waals surface area contributed by atoms with E-state index in [9.17, 15) is 13.2 Å². The zero-order valence-electron chi connectivity index (χ0n) is 11.7. The van der Waals surface area contributed by atoms with Crippen molar-refractivity contribution in [2.75, 3.05) is 5.75 Å². The summed E-state index contributed by atoms with van der Waals surface area (Å²) in [5.41, 5.74) is 6.70. The number of nitrogens with two attached hydrogens (primary N) is 1. The Labute approximate surface area is 123 Å². The minimum atomic E-state index is -3.44. The van der Waals surface area contributed by atoms with E-state index in [4.69, 9.17) is 5.73 Å². The highest BCUT2D eigenvalue weighted by Gasteiger charge is 2.14. The molecule has 2 rings (SSSR count). The lowest BCUT2D eigenvalue weighted by molar-refractivity contribution is 0.586. The smallest absolute Gasteiger partial charge is 0.253 e. The molecule has 7 heteroatoms. The van der Waals surface area contributed by atoms with Crippen molar-refractivity contribution in [2.45, 2.75) is 24.9 Å². The Morgan fingerprint density at radius 1 is 1.24 bits per heavy atom. The first-order valence-electron chi connectivity index (χ1n) is 6.47. The molecule has 0 bridgehead atoms. The van der Waals surface area contributed by atoms with Crippen molar-refractivity contribution in [3.63, 3.8) is 0 Å². The Balaban J connectivity index is 2.15. The molecule has 0 atom stereocenters. The molecule has 0 radical (unpaired) electrons. The van der Waals surface area contributed by atoms with Gasteiger partial charge in [-0.2, -0.15) is 0 Å². The average Bonchev–Trinajstić information content (AvgIpc) is 2.46. The van der Waals surface area contributed by atoms with Gasteiger partial charge in [-0.05, 0) is 24.6 Å². The van der Waals surface area contributed by atoms with E-state index >= 15 is 0 Å². The topological polar surface area (TPSA) is 95.0 Å². The lowest BCUT2D eigenvalue weighted by Gasteiger charge is -2.07. The second kappa shape index (κ2) is 6.19. The Morgan fingerprint density at radius 2 is 1.90 bits per heavy atom. The second-order valence-electron chi connectivity index (χ2n) is 4.73. The molecule has 6 nitrogen and oxygen atoms in total. The van der Waals surface area contributed by atoms with Crippen LogP contribution in [0.5, 0.6) is 0 Å². The van der Waals surface area contributed by atoms with Crippen LogP contribution < -0.4 is 11.3 Å². The molecule has 1 heterocycles. The lowest BCUT2D eigenvalue weighted by atomic mass is 10.2. The molecule has 0 saturated heterocycles. The van der Waals surface area contributed by atoms with Crippen LogP contribution in [0.3, 0.4) is 0 Å². The fourth-order valence-electron chi connectivity index (χ4n) is 1.85. The van der Waals surface area contributed by atoms with Crippen LogP contribution in [0.15, 0.2) is 46.3 Å². The van der Waals surface area contributed by atoms with Gasteiger partial charge in [0.15, 0.2) is 9.84 Å². The van der Waals surface area contributed by atoms with Crippen LogP contribution in [0.25, 0.3) is 0 Å². The number of hydrogen-bond acceptors (Lipinski definition) is 5. The molecular formula is C14H17N3O3S. The fraction of sp³-hybridized carbons (Fsp3) is 0.286. The number of sulfone groups is 1. The Hall–Kier alpha value is -1.99. The van der Waals surface area contributed by atoms with Gasteiger partial charge in [-0.3, -0.25) is 9.36 Å². The number of benzene rings is 1. The van der Waals surface area contributed by atoms with E-state index in [0.717, 1.165) is 5.56 Å². The Bertz CT molecular complexity index is 780. The highest BCUT2D eigenvalue weighted by Crippen LogP contribution is 2.12. The maximum absolute atomic E-state index is 12.2. The van der Waals surface area contributed by atoms with Crippen molar-refractivity contribution in [1.82, 2.24) is 9.55 Å². The summed E-state index contributed by atoms with van der Waals surface area (Å²) in [6.45, 7) is 2.15. The van der Waals surface area contributed by atoms with Gasteiger partial charge in [-0.1, -0.05) is 12.1 Å². The van der Waals surface area contributed by atoms with Gasteiger partial charge in [0.05, 0.1) is 17.0 Å². The van der Waals surface area contributed by atoms with Crippen LogP contribution in [-0.2, 0) is 22.9 Å². The molecule has 2 aromatic rings. The van der Waals surface area contributed by atoms with Gasteiger partial charge < -0.3 is 5.73 Å². The summed E-state index contributed by atoms with van der Waals surface area (Å²) in [7, 11) is -3.44. The third-order valence-electron chi connectivity index (χ3n) is 3.14. The molecule has 21 heavy (non-hydrogen) atoms. The number of nitrogens with zero attached hydrogens (tertiary/aromatic N) is 2. The monoisotopic (exact) mass is 307 g/mol. The molecule has 2 N–H and O–H groups in total. The predicted octanol–water partition coefficient (Wildman–Crippen LogP) is 0.484. The first kappa shape index (κ1) is 15.4. The van der Waals surface area contributed by atoms with Crippen LogP contribution in [0.4, 0.5) is 0 Å². The normalized spacial score (nSPS) is 11.5. The van der Waals surface area contributed by atoms with E-state index < -0.39 is 9.84 Å². The fourth-order valence-corrected chi connectivity index (χ4v) is 3.08. The molecule has 112 valence electrons. The zero-order valence-corrected chi connectivity index (χ0v) is 12.5. The second-order valence-corrected chi connectivity index (χ2v) is 6.84. The summed E-state index contributed by atoms with van der Waals surface area (Å²) in [4.78, 5) is 15.9. The van der Waals surface area contributed by atoms with Gasteiger partial charge in [0.1, 0.15) is 0 Å². The van der Waals surface area contributed by atoms with Gasteiger partial charge in [0.25, 0.3) is 5.56 Å². The van der Waals surface area contributed by atoms with Gasteiger partial charge in [0.2, 0.25) is 0 Å².